The molecule has 0 atom stereocenters. The molecule has 0 aliphatic carbocycles. The highest BCUT2D eigenvalue weighted by atomic mass is 14.3. The van der Waals surface area contributed by atoms with Crippen molar-refractivity contribution in [3.63, 3.8) is 0 Å². The molecule has 70 heavy (non-hydrogen) atoms. The Morgan fingerprint density at radius 2 is 0.586 bits per heavy atom. The zero-order valence-electron chi connectivity index (χ0n) is 40.3. The number of benzene rings is 11. The Labute approximate surface area is 414 Å². The van der Waals surface area contributed by atoms with E-state index < -0.39 is 0 Å². The van der Waals surface area contributed by atoms with E-state index in [1.165, 1.54) is 121 Å². The largest absolute Gasteiger partial charge is 0.0654 e. The van der Waals surface area contributed by atoms with Crippen LogP contribution in [-0.4, -0.2) is 0 Å². The minimum atomic E-state index is 0.975. The van der Waals surface area contributed by atoms with Gasteiger partial charge in [0.15, 0.2) is 0 Å². The lowest BCUT2D eigenvalue weighted by Gasteiger charge is -2.22. The maximum Gasteiger partial charge on any atom is -0.00671 e. The van der Waals surface area contributed by atoms with Gasteiger partial charge in [0.05, 0.1) is 0 Å². The maximum atomic E-state index is 2.42. The van der Waals surface area contributed by atoms with Crippen LogP contribution in [0.1, 0.15) is 85.8 Å². The quantitative estimate of drug-likeness (QED) is 0.0954. The van der Waals surface area contributed by atoms with Gasteiger partial charge in [0.25, 0.3) is 0 Å². The lowest BCUT2D eigenvalue weighted by atomic mass is 9.82. The molecule has 0 unspecified atom stereocenters. The van der Waals surface area contributed by atoms with Crippen molar-refractivity contribution in [3.8, 4) is 22.3 Å². The lowest BCUT2D eigenvalue weighted by molar-refractivity contribution is 0.823. The number of hydrogen-bond donors (Lipinski definition) is 0. The fraction of sp³-hybridized carbons (Fsp3) is 0.114. The highest BCUT2D eigenvalue weighted by Gasteiger charge is 2.22. The maximum absolute atomic E-state index is 2.42. The Bertz CT molecular complexity index is 3440. The molecule has 11 rings (SSSR count). The molecular formula is C70H58. The third kappa shape index (κ3) is 8.56. The first-order chi connectivity index (χ1) is 34.7. The fourth-order valence-electron chi connectivity index (χ4n) is 11.0. The van der Waals surface area contributed by atoms with E-state index in [0.29, 0.717) is 0 Å². The number of hydrogen-bond acceptors (Lipinski definition) is 0. The molecule has 11 aromatic rings. The SMILES string of the molecule is CCCCC(=C(c1ccccc1)c1ccc(-c2cccc3ccccc23)c2ccccc12)c1ccc(C(CCCC)=C(c2ccccc2)c2ccc(-c3cccc4ccccc34)c3ccccc23)cc1. The minimum Gasteiger partial charge on any atom is -0.0654 e. The summed E-state index contributed by atoms with van der Waals surface area (Å²) in [7, 11) is 0. The van der Waals surface area contributed by atoms with Crippen molar-refractivity contribution in [3.05, 3.63) is 276 Å². The Morgan fingerprint density at radius 1 is 0.257 bits per heavy atom. The molecule has 0 saturated carbocycles. The van der Waals surface area contributed by atoms with E-state index in [2.05, 4.69) is 257 Å². The second-order valence-electron chi connectivity index (χ2n) is 18.7. The van der Waals surface area contributed by atoms with E-state index in [1.54, 1.807) is 0 Å². The molecule has 0 bridgehead atoms. The van der Waals surface area contributed by atoms with Gasteiger partial charge in [0.2, 0.25) is 0 Å². The lowest BCUT2D eigenvalue weighted by Crippen LogP contribution is -2.00. The van der Waals surface area contributed by atoms with Crippen LogP contribution in [0.2, 0.25) is 0 Å². The van der Waals surface area contributed by atoms with Gasteiger partial charge in [-0.15, -0.1) is 0 Å². The van der Waals surface area contributed by atoms with Gasteiger partial charge >= 0.3 is 0 Å². The van der Waals surface area contributed by atoms with E-state index in [4.69, 9.17) is 0 Å². The molecule has 0 heteroatoms. The van der Waals surface area contributed by atoms with Gasteiger partial charge in [-0.25, -0.2) is 0 Å². The van der Waals surface area contributed by atoms with Crippen molar-refractivity contribution >= 4 is 65.4 Å². The first-order valence-corrected chi connectivity index (χ1v) is 25.4. The molecule has 0 amide bonds. The van der Waals surface area contributed by atoms with Crippen LogP contribution >= 0.6 is 0 Å². The number of unbranched alkanes of at least 4 members (excludes halogenated alkanes) is 2. The summed E-state index contributed by atoms with van der Waals surface area (Å²) in [6, 6.07) is 90.5. The molecule has 0 fully saturated rings. The van der Waals surface area contributed by atoms with Crippen LogP contribution in [0.15, 0.2) is 243 Å². The molecule has 0 N–H and O–H groups in total. The molecule has 338 valence electrons. The van der Waals surface area contributed by atoms with Gasteiger partial charge in [-0.05, 0) is 147 Å². The third-order valence-corrected chi connectivity index (χ3v) is 14.4. The summed E-state index contributed by atoms with van der Waals surface area (Å²) in [4.78, 5) is 0. The zero-order valence-corrected chi connectivity index (χ0v) is 40.3. The summed E-state index contributed by atoms with van der Waals surface area (Å²) in [5, 5.41) is 10.2. The van der Waals surface area contributed by atoms with Crippen LogP contribution in [0, 0.1) is 0 Å². The van der Waals surface area contributed by atoms with Crippen molar-refractivity contribution in [2.24, 2.45) is 0 Å². The summed E-state index contributed by atoms with van der Waals surface area (Å²) < 4.78 is 0. The van der Waals surface area contributed by atoms with Gasteiger partial charge in [0.1, 0.15) is 0 Å². The zero-order chi connectivity index (χ0) is 47.2. The van der Waals surface area contributed by atoms with Crippen molar-refractivity contribution in [2.45, 2.75) is 52.4 Å². The summed E-state index contributed by atoms with van der Waals surface area (Å²) in [6.45, 7) is 4.62. The highest BCUT2D eigenvalue weighted by molar-refractivity contribution is 6.14. The molecule has 0 aromatic heterocycles. The smallest absolute Gasteiger partial charge is 0.00671 e. The van der Waals surface area contributed by atoms with Gasteiger partial charge in [0, 0.05) is 0 Å². The Balaban J connectivity index is 1.10. The Morgan fingerprint density at radius 3 is 0.986 bits per heavy atom. The molecule has 0 saturated heterocycles. The first-order valence-electron chi connectivity index (χ1n) is 25.4. The number of rotatable bonds is 14. The van der Waals surface area contributed by atoms with Crippen LogP contribution in [0.5, 0.6) is 0 Å². The van der Waals surface area contributed by atoms with Crippen molar-refractivity contribution in [1.29, 1.82) is 0 Å². The van der Waals surface area contributed by atoms with Gasteiger partial charge < -0.3 is 0 Å². The predicted octanol–water partition coefficient (Wildman–Crippen LogP) is 19.9. The molecule has 0 radical (unpaired) electrons. The van der Waals surface area contributed by atoms with E-state index in [1.807, 2.05) is 0 Å². The molecule has 0 aliphatic heterocycles. The van der Waals surface area contributed by atoms with Crippen molar-refractivity contribution in [2.75, 3.05) is 0 Å². The molecular weight excluding hydrogens is 841 g/mol. The second kappa shape index (κ2) is 20.3. The molecule has 0 aliphatic rings. The summed E-state index contributed by atoms with van der Waals surface area (Å²) in [6.07, 6.45) is 6.37. The average molecular weight is 899 g/mol. The average Bonchev–Trinajstić information content (AvgIpc) is 3.43. The summed E-state index contributed by atoms with van der Waals surface area (Å²) in [5.74, 6) is 0. The molecule has 0 heterocycles. The Kier molecular flexibility index (Phi) is 12.9. The van der Waals surface area contributed by atoms with Crippen molar-refractivity contribution in [1.82, 2.24) is 0 Å². The number of allylic oxidation sites excluding steroid dienone is 2. The van der Waals surface area contributed by atoms with Gasteiger partial charge in [-0.2, -0.15) is 0 Å². The van der Waals surface area contributed by atoms with Gasteiger partial charge in [-0.3, -0.25) is 0 Å². The monoisotopic (exact) mass is 898 g/mol. The minimum absolute atomic E-state index is 0.975. The van der Waals surface area contributed by atoms with Crippen LogP contribution in [0.3, 0.4) is 0 Å². The van der Waals surface area contributed by atoms with Gasteiger partial charge in [-0.1, -0.05) is 269 Å². The topological polar surface area (TPSA) is 0 Å². The molecule has 0 nitrogen and oxygen atoms in total. The van der Waals surface area contributed by atoms with Crippen LogP contribution < -0.4 is 0 Å². The normalized spacial score (nSPS) is 12.4. The standard InChI is InChI=1S/C70H58/c1-3-5-31-57(69(53-25-9-7-10-26-53)67-47-45-65(61-35-17-19-37-63(61)67)59-39-21-29-49-23-13-15-33-55(49)59)51-41-43-52(44-42-51)58(32-6-4-2)70(54-27-11-8-12-28-54)68-48-46-66(62-36-18-20-38-64(62)68)60-40-22-30-50-24-14-16-34-56(50)60/h7-30,33-48H,3-6,31-32H2,1-2H3. The summed E-state index contributed by atoms with van der Waals surface area (Å²) in [5.41, 5.74) is 18.1. The van der Waals surface area contributed by atoms with Crippen LogP contribution in [0.25, 0.3) is 87.6 Å². The van der Waals surface area contributed by atoms with Crippen molar-refractivity contribution < 1.29 is 0 Å². The third-order valence-electron chi connectivity index (χ3n) is 14.4. The van der Waals surface area contributed by atoms with E-state index in [-0.39, 0.29) is 0 Å². The van der Waals surface area contributed by atoms with Crippen LogP contribution in [0.4, 0.5) is 0 Å². The van der Waals surface area contributed by atoms with E-state index in [0.717, 1.165) is 38.5 Å². The highest BCUT2D eigenvalue weighted by Crippen LogP contribution is 2.45. The Hall–Kier alpha value is -8.06. The molecule has 11 aromatic carbocycles. The van der Waals surface area contributed by atoms with E-state index >= 15 is 0 Å². The predicted molar refractivity (Wildman–Crippen MR) is 304 cm³/mol. The summed E-state index contributed by atoms with van der Waals surface area (Å²) >= 11 is 0. The van der Waals surface area contributed by atoms with Crippen LogP contribution in [-0.2, 0) is 0 Å². The van der Waals surface area contributed by atoms with E-state index in [9.17, 15) is 0 Å². The molecule has 0 spiro atoms. The fourth-order valence-corrected chi connectivity index (χ4v) is 11.0. The number of fused-ring (bicyclic) bond motifs is 4. The second-order valence-corrected chi connectivity index (χ2v) is 18.7. The first kappa shape index (κ1) is 44.4.